The SMILES string of the molecule is O=C1NC2(CCN(Cc3ccc4scnc4c3)CC2)C(=O)N1c1cncnc1. The first-order chi connectivity index (χ1) is 13.6. The van der Waals surface area contributed by atoms with Gasteiger partial charge in [-0.25, -0.2) is 24.6 Å². The number of rotatable bonds is 3. The zero-order valence-electron chi connectivity index (χ0n) is 15.0. The highest BCUT2D eigenvalue weighted by molar-refractivity contribution is 7.16. The Kier molecular flexibility index (Phi) is 4.06. The molecule has 2 aliphatic rings. The van der Waals surface area contributed by atoms with Crippen molar-refractivity contribution in [3.05, 3.63) is 48.0 Å². The van der Waals surface area contributed by atoms with Gasteiger partial charge >= 0.3 is 6.03 Å². The molecule has 0 bridgehead atoms. The lowest BCUT2D eigenvalue weighted by Crippen LogP contribution is -2.54. The summed E-state index contributed by atoms with van der Waals surface area (Å²) >= 11 is 1.64. The highest BCUT2D eigenvalue weighted by atomic mass is 32.1. The van der Waals surface area contributed by atoms with Crippen LogP contribution in [0, 0.1) is 0 Å². The largest absolute Gasteiger partial charge is 0.329 e. The molecule has 0 atom stereocenters. The topological polar surface area (TPSA) is 91.3 Å². The van der Waals surface area contributed by atoms with Crippen LogP contribution in [0.2, 0.25) is 0 Å². The maximum Gasteiger partial charge on any atom is 0.329 e. The molecule has 4 heterocycles. The number of carbonyl (C=O) groups excluding carboxylic acids is 2. The number of aromatic nitrogens is 3. The van der Waals surface area contributed by atoms with Crippen molar-refractivity contribution in [2.24, 2.45) is 0 Å². The lowest BCUT2D eigenvalue weighted by Gasteiger charge is -2.37. The highest BCUT2D eigenvalue weighted by Crippen LogP contribution is 2.32. The summed E-state index contributed by atoms with van der Waals surface area (Å²) in [6.07, 6.45) is 5.50. The number of fused-ring (bicyclic) bond motifs is 1. The van der Waals surface area contributed by atoms with Gasteiger partial charge in [0.25, 0.3) is 5.91 Å². The first-order valence-electron chi connectivity index (χ1n) is 9.11. The van der Waals surface area contributed by atoms with E-state index < -0.39 is 11.6 Å². The van der Waals surface area contributed by atoms with Crippen molar-refractivity contribution in [3.63, 3.8) is 0 Å². The maximum atomic E-state index is 13.0. The fourth-order valence-electron chi connectivity index (χ4n) is 3.95. The van der Waals surface area contributed by atoms with E-state index in [1.54, 1.807) is 11.3 Å². The maximum absolute atomic E-state index is 13.0. The zero-order chi connectivity index (χ0) is 19.1. The molecular formula is C19H18N6O2S. The highest BCUT2D eigenvalue weighted by Gasteiger charge is 2.52. The van der Waals surface area contributed by atoms with Gasteiger partial charge in [-0.15, -0.1) is 11.3 Å². The average molecular weight is 394 g/mol. The minimum absolute atomic E-state index is 0.212. The number of nitrogens with zero attached hydrogens (tertiary/aromatic N) is 5. The van der Waals surface area contributed by atoms with E-state index in [4.69, 9.17) is 0 Å². The van der Waals surface area contributed by atoms with E-state index in [0.717, 1.165) is 30.1 Å². The Morgan fingerprint density at radius 1 is 1.14 bits per heavy atom. The van der Waals surface area contributed by atoms with Crippen LogP contribution in [0.4, 0.5) is 10.5 Å². The molecule has 1 aromatic carbocycles. The monoisotopic (exact) mass is 394 g/mol. The molecule has 9 heteroatoms. The summed E-state index contributed by atoms with van der Waals surface area (Å²) in [5.41, 5.74) is 3.66. The number of hydrogen-bond donors (Lipinski definition) is 1. The fraction of sp³-hybridized carbons (Fsp3) is 0.316. The predicted molar refractivity (Wildman–Crippen MR) is 105 cm³/mol. The van der Waals surface area contributed by atoms with Crippen molar-refractivity contribution >= 4 is 39.2 Å². The minimum atomic E-state index is -0.831. The molecule has 2 aliphatic heterocycles. The van der Waals surface area contributed by atoms with Crippen molar-refractivity contribution in [2.45, 2.75) is 24.9 Å². The average Bonchev–Trinajstić information content (AvgIpc) is 3.27. The van der Waals surface area contributed by atoms with Crippen molar-refractivity contribution in [1.82, 2.24) is 25.2 Å². The van der Waals surface area contributed by atoms with Gasteiger partial charge in [0.15, 0.2) is 0 Å². The van der Waals surface area contributed by atoms with Crippen LogP contribution in [0.3, 0.4) is 0 Å². The Balaban J connectivity index is 1.28. The minimum Gasteiger partial charge on any atom is -0.323 e. The Labute approximate surface area is 165 Å². The fourth-order valence-corrected chi connectivity index (χ4v) is 4.61. The number of thiazole rings is 1. The summed E-state index contributed by atoms with van der Waals surface area (Å²) in [4.78, 5) is 41.2. The van der Waals surface area contributed by atoms with E-state index >= 15 is 0 Å². The second-order valence-electron chi connectivity index (χ2n) is 7.18. The number of piperidine rings is 1. The van der Waals surface area contributed by atoms with Gasteiger partial charge < -0.3 is 5.32 Å². The van der Waals surface area contributed by atoms with Gasteiger partial charge in [-0.3, -0.25) is 9.69 Å². The third kappa shape index (κ3) is 2.83. The molecule has 0 aliphatic carbocycles. The number of hydrogen-bond acceptors (Lipinski definition) is 7. The van der Waals surface area contributed by atoms with Gasteiger partial charge in [-0.05, 0) is 30.5 Å². The van der Waals surface area contributed by atoms with E-state index in [1.807, 2.05) is 5.51 Å². The van der Waals surface area contributed by atoms with Gasteiger partial charge in [-0.2, -0.15) is 0 Å². The molecule has 3 aromatic rings. The summed E-state index contributed by atoms with van der Waals surface area (Å²) in [6, 6.07) is 5.96. The molecular weight excluding hydrogens is 376 g/mol. The third-order valence-corrected chi connectivity index (χ3v) is 6.29. The summed E-state index contributed by atoms with van der Waals surface area (Å²) < 4.78 is 1.19. The van der Waals surface area contributed by atoms with E-state index in [2.05, 4.69) is 43.4 Å². The molecule has 3 amide bonds. The summed E-state index contributed by atoms with van der Waals surface area (Å²) in [5.74, 6) is -0.212. The van der Waals surface area contributed by atoms with Crippen LogP contribution < -0.4 is 10.2 Å². The molecule has 5 rings (SSSR count). The Hall–Kier alpha value is -2.91. The second-order valence-corrected chi connectivity index (χ2v) is 8.07. The van der Waals surface area contributed by atoms with E-state index in [9.17, 15) is 9.59 Å². The van der Waals surface area contributed by atoms with Crippen molar-refractivity contribution in [1.29, 1.82) is 0 Å². The number of benzene rings is 1. The molecule has 2 saturated heterocycles. The summed E-state index contributed by atoms with van der Waals surface area (Å²) in [6.45, 7) is 2.28. The van der Waals surface area contributed by atoms with Crippen LogP contribution >= 0.6 is 11.3 Å². The standard InChI is InChI=1S/C19H18N6O2S/c26-17-19(23-18(27)25(17)14-8-20-11-21-9-14)3-5-24(6-4-19)10-13-1-2-16-15(7-13)22-12-28-16/h1-2,7-9,11-12H,3-6,10H2,(H,23,27). The van der Waals surface area contributed by atoms with Crippen LogP contribution in [-0.2, 0) is 11.3 Å². The first-order valence-corrected chi connectivity index (χ1v) is 9.99. The van der Waals surface area contributed by atoms with Gasteiger partial charge in [-0.1, -0.05) is 6.07 Å². The Morgan fingerprint density at radius 2 is 1.93 bits per heavy atom. The van der Waals surface area contributed by atoms with Gasteiger partial charge in [0.2, 0.25) is 0 Å². The van der Waals surface area contributed by atoms with Gasteiger partial charge in [0.05, 0.1) is 33.8 Å². The van der Waals surface area contributed by atoms with Gasteiger partial charge in [0, 0.05) is 19.6 Å². The quantitative estimate of drug-likeness (QED) is 0.685. The first kappa shape index (κ1) is 17.2. The van der Waals surface area contributed by atoms with E-state index in [-0.39, 0.29) is 5.91 Å². The van der Waals surface area contributed by atoms with Crippen molar-refractivity contribution in [3.8, 4) is 0 Å². The predicted octanol–water partition coefficient (Wildman–Crippen LogP) is 2.18. The molecule has 28 heavy (non-hydrogen) atoms. The van der Waals surface area contributed by atoms with Crippen molar-refractivity contribution < 1.29 is 9.59 Å². The van der Waals surface area contributed by atoms with E-state index in [0.29, 0.717) is 18.5 Å². The molecule has 0 unspecified atom stereocenters. The van der Waals surface area contributed by atoms with Gasteiger partial charge in [0.1, 0.15) is 11.9 Å². The Morgan fingerprint density at radius 3 is 2.71 bits per heavy atom. The molecule has 2 fully saturated rings. The number of amides is 3. The van der Waals surface area contributed by atoms with Crippen LogP contribution in [0.25, 0.3) is 10.2 Å². The Bertz CT molecular complexity index is 1040. The molecule has 1 spiro atoms. The molecule has 2 aromatic heterocycles. The second kappa shape index (κ2) is 6.61. The van der Waals surface area contributed by atoms with E-state index in [1.165, 1.54) is 29.0 Å². The number of anilines is 1. The molecule has 142 valence electrons. The third-order valence-electron chi connectivity index (χ3n) is 5.48. The number of imide groups is 1. The number of likely N-dealkylation sites (tertiary alicyclic amines) is 1. The zero-order valence-corrected chi connectivity index (χ0v) is 15.9. The smallest absolute Gasteiger partial charge is 0.323 e. The van der Waals surface area contributed by atoms with Crippen LogP contribution in [-0.4, -0.2) is 50.4 Å². The number of nitrogens with one attached hydrogen (secondary N) is 1. The van der Waals surface area contributed by atoms with Crippen molar-refractivity contribution in [2.75, 3.05) is 18.0 Å². The van der Waals surface area contributed by atoms with Crippen LogP contribution in [0.1, 0.15) is 18.4 Å². The van der Waals surface area contributed by atoms with Crippen LogP contribution in [0.5, 0.6) is 0 Å². The number of urea groups is 1. The molecule has 1 N–H and O–H groups in total. The lowest BCUT2D eigenvalue weighted by atomic mass is 9.87. The molecule has 0 saturated carbocycles. The molecule has 0 radical (unpaired) electrons. The number of carbonyl (C=O) groups is 2. The van der Waals surface area contributed by atoms with Crippen LogP contribution in [0.15, 0.2) is 42.4 Å². The summed E-state index contributed by atoms with van der Waals surface area (Å²) in [5, 5.41) is 2.92. The lowest BCUT2D eigenvalue weighted by molar-refractivity contribution is -0.123. The summed E-state index contributed by atoms with van der Waals surface area (Å²) in [7, 11) is 0. The molecule has 8 nitrogen and oxygen atoms in total. The normalized spacial score (nSPS) is 19.5.